The lowest BCUT2D eigenvalue weighted by atomic mass is 9.96. The molecule has 0 bridgehead atoms. The maximum Gasteiger partial charge on any atom is 0.303 e. The molecule has 248 valence electrons. The fourth-order valence-corrected chi connectivity index (χ4v) is 4.59. The van der Waals surface area contributed by atoms with E-state index in [0.29, 0.717) is 0 Å². The van der Waals surface area contributed by atoms with Crippen molar-refractivity contribution in [1.29, 1.82) is 0 Å². The Morgan fingerprint density at radius 3 is 1.04 bits per heavy atom. The highest BCUT2D eigenvalue weighted by Crippen LogP contribution is 2.35. The van der Waals surface area contributed by atoms with E-state index < -0.39 is 110 Å². The minimum Gasteiger partial charge on any atom is -0.456 e. The maximum absolute atomic E-state index is 12.2. The quantitative estimate of drug-likeness (QED) is 0.0927. The highest BCUT2D eigenvalue weighted by atomic mass is 16.8. The summed E-state index contributed by atoms with van der Waals surface area (Å²) in [6.07, 6.45) is -16.0. The number of hydrogen-bond donors (Lipinski definition) is 0. The SMILES string of the molecule is CC(=O)OC1C(CN=[N+]=[N-])OC(OC2OC(CN=[N+]=[N-])C(OC(C)=O)C(OC(C)=O)C2OC(C)=O)C(OC(C)=O)C1OC(C)=O. The Morgan fingerprint density at radius 1 is 0.511 bits per heavy atom. The van der Waals surface area contributed by atoms with Crippen LogP contribution in [0.4, 0.5) is 0 Å². The largest absolute Gasteiger partial charge is 0.456 e. The number of carbonyl (C=O) groups excluding carboxylic acids is 6. The third-order valence-corrected chi connectivity index (χ3v) is 5.91. The molecule has 0 radical (unpaired) electrons. The molecular formula is C24H32N6O15. The van der Waals surface area contributed by atoms with Gasteiger partial charge in [0.15, 0.2) is 36.6 Å². The molecule has 2 rings (SSSR count). The summed E-state index contributed by atoms with van der Waals surface area (Å²) in [6.45, 7) is 5.10. The Morgan fingerprint density at radius 2 is 0.778 bits per heavy atom. The monoisotopic (exact) mass is 644 g/mol. The molecule has 2 saturated heterocycles. The molecule has 0 aromatic heterocycles. The molecule has 0 aromatic rings. The molecule has 0 aromatic carbocycles. The van der Waals surface area contributed by atoms with Crippen molar-refractivity contribution in [3.05, 3.63) is 20.9 Å². The predicted molar refractivity (Wildman–Crippen MR) is 140 cm³/mol. The number of carbonyl (C=O) groups is 6. The molecule has 10 unspecified atom stereocenters. The van der Waals surface area contributed by atoms with E-state index in [1.807, 2.05) is 0 Å². The van der Waals surface area contributed by atoms with E-state index in [0.717, 1.165) is 41.5 Å². The van der Waals surface area contributed by atoms with E-state index in [1.54, 1.807) is 0 Å². The highest BCUT2D eigenvalue weighted by molar-refractivity contribution is 5.69. The predicted octanol–water partition coefficient (Wildman–Crippen LogP) is 0.664. The zero-order valence-corrected chi connectivity index (χ0v) is 25.0. The first-order valence-electron chi connectivity index (χ1n) is 13.2. The summed E-state index contributed by atoms with van der Waals surface area (Å²) in [6, 6.07) is 0. The summed E-state index contributed by atoms with van der Waals surface area (Å²) in [5.74, 6) is -5.39. The fraction of sp³-hybridized carbons (Fsp3) is 0.750. The molecule has 2 aliphatic rings. The normalized spacial score (nSPS) is 30.6. The molecule has 0 amide bonds. The van der Waals surface area contributed by atoms with Crippen molar-refractivity contribution in [3.63, 3.8) is 0 Å². The number of esters is 6. The Labute approximate surface area is 254 Å². The molecule has 21 nitrogen and oxygen atoms in total. The second-order valence-corrected chi connectivity index (χ2v) is 9.49. The first kappa shape index (κ1) is 36.5. The lowest BCUT2D eigenvalue weighted by Gasteiger charge is -2.48. The summed E-state index contributed by atoms with van der Waals surface area (Å²) in [4.78, 5) is 77.7. The average Bonchev–Trinajstić information content (AvgIpc) is 2.91. The lowest BCUT2D eigenvalue weighted by molar-refractivity contribution is -0.373. The van der Waals surface area contributed by atoms with Crippen LogP contribution in [0.25, 0.3) is 20.9 Å². The zero-order chi connectivity index (χ0) is 33.8. The molecule has 2 heterocycles. The van der Waals surface area contributed by atoms with Crippen LogP contribution in [0.3, 0.4) is 0 Å². The third kappa shape index (κ3) is 10.8. The van der Waals surface area contributed by atoms with Crippen LogP contribution in [0.1, 0.15) is 41.5 Å². The van der Waals surface area contributed by atoms with Crippen molar-refractivity contribution in [2.24, 2.45) is 10.2 Å². The third-order valence-electron chi connectivity index (χ3n) is 5.91. The van der Waals surface area contributed by atoms with Crippen LogP contribution in [0.2, 0.25) is 0 Å². The molecular weight excluding hydrogens is 612 g/mol. The minimum atomic E-state index is -1.81. The van der Waals surface area contributed by atoms with Gasteiger partial charge in [0.1, 0.15) is 12.2 Å². The van der Waals surface area contributed by atoms with E-state index in [4.69, 9.17) is 53.7 Å². The van der Waals surface area contributed by atoms with Crippen LogP contribution in [0.5, 0.6) is 0 Å². The van der Waals surface area contributed by atoms with Crippen LogP contribution in [-0.2, 0) is 71.4 Å². The summed E-state index contributed by atoms with van der Waals surface area (Å²) in [7, 11) is 0. The van der Waals surface area contributed by atoms with Gasteiger partial charge in [-0.15, -0.1) is 0 Å². The number of azide groups is 2. The van der Waals surface area contributed by atoms with Crippen LogP contribution >= 0.6 is 0 Å². The fourth-order valence-electron chi connectivity index (χ4n) is 4.59. The molecule has 10 atom stereocenters. The van der Waals surface area contributed by atoms with E-state index >= 15 is 0 Å². The second-order valence-electron chi connectivity index (χ2n) is 9.49. The first-order chi connectivity index (χ1) is 21.2. The van der Waals surface area contributed by atoms with Crippen molar-refractivity contribution in [1.82, 2.24) is 0 Å². The van der Waals surface area contributed by atoms with Gasteiger partial charge in [-0.2, -0.15) is 0 Å². The van der Waals surface area contributed by atoms with E-state index in [1.165, 1.54) is 0 Å². The standard InChI is InChI=1S/C24H32N6O15/c1-9(31)37-17-15(7-27-29-25)43-23(21(41-13(5)35)19(17)39-11(3)33)45-24-22(42-14(6)36)20(40-12(4)34)18(38-10(2)32)16(44-24)8-28-30-26/h15-24H,7-8H2,1-6H3. The van der Waals surface area contributed by atoms with Crippen LogP contribution in [0, 0.1) is 0 Å². The van der Waals surface area contributed by atoms with E-state index in [2.05, 4.69) is 20.1 Å². The topological polar surface area (TPSA) is 283 Å². The smallest absolute Gasteiger partial charge is 0.303 e. The van der Waals surface area contributed by atoms with Crippen molar-refractivity contribution in [2.45, 2.75) is 103 Å². The molecule has 0 aliphatic carbocycles. The second kappa shape index (κ2) is 17.0. The maximum atomic E-state index is 12.2. The number of rotatable bonds is 12. The van der Waals surface area contributed by atoms with Crippen LogP contribution in [-0.4, -0.2) is 110 Å². The molecule has 0 spiro atoms. The highest BCUT2D eigenvalue weighted by Gasteiger charge is 2.57. The van der Waals surface area contributed by atoms with Gasteiger partial charge >= 0.3 is 35.8 Å². The van der Waals surface area contributed by atoms with Crippen LogP contribution < -0.4 is 0 Å². The first-order valence-corrected chi connectivity index (χ1v) is 13.2. The van der Waals surface area contributed by atoms with E-state index in [9.17, 15) is 28.8 Å². The Kier molecular flexibility index (Phi) is 13.8. The van der Waals surface area contributed by atoms with Crippen LogP contribution in [0.15, 0.2) is 10.2 Å². The van der Waals surface area contributed by atoms with Gasteiger partial charge in [-0.1, -0.05) is 10.2 Å². The Balaban J connectivity index is 2.69. The summed E-state index contributed by atoms with van der Waals surface area (Å²) >= 11 is 0. The van der Waals surface area contributed by atoms with Crippen molar-refractivity contribution < 1.29 is 71.4 Å². The Hall–Kier alpha value is -4.68. The van der Waals surface area contributed by atoms with Gasteiger partial charge in [0, 0.05) is 51.4 Å². The molecule has 2 aliphatic heterocycles. The summed E-state index contributed by atoms with van der Waals surface area (Å²) < 4.78 is 49.7. The number of hydrogen-bond acceptors (Lipinski definition) is 17. The summed E-state index contributed by atoms with van der Waals surface area (Å²) in [5, 5.41) is 6.85. The molecule has 0 saturated carbocycles. The molecule has 21 heteroatoms. The molecule has 0 N–H and O–H groups in total. The molecule has 2 fully saturated rings. The lowest BCUT2D eigenvalue weighted by Crippen LogP contribution is -2.66. The van der Waals surface area contributed by atoms with Gasteiger partial charge in [-0.25, -0.2) is 0 Å². The van der Waals surface area contributed by atoms with Crippen molar-refractivity contribution >= 4 is 35.8 Å². The van der Waals surface area contributed by atoms with Gasteiger partial charge in [0.2, 0.25) is 12.6 Å². The Bertz CT molecular complexity index is 1140. The van der Waals surface area contributed by atoms with Gasteiger partial charge in [-0.05, 0) is 11.1 Å². The number of ether oxygens (including phenoxy) is 9. The van der Waals surface area contributed by atoms with Gasteiger partial charge < -0.3 is 42.6 Å². The minimum absolute atomic E-state index is 0.512. The van der Waals surface area contributed by atoms with Gasteiger partial charge in [0.05, 0.1) is 13.1 Å². The van der Waals surface area contributed by atoms with E-state index in [-0.39, 0.29) is 0 Å². The zero-order valence-electron chi connectivity index (χ0n) is 25.0. The average molecular weight is 645 g/mol. The molecule has 45 heavy (non-hydrogen) atoms. The number of nitrogens with zero attached hydrogens (tertiary/aromatic N) is 6. The van der Waals surface area contributed by atoms with Crippen molar-refractivity contribution in [3.8, 4) is 0 Å². The van der Waals surface area contributed by atoms with Gasteiger partial charge in [-0.3, -0.25) is 28.8 Å². The van der Waals surface area contributed by atoms with Gasteiger partial charge in [0.25, 0.3) is 0 Å². The summed E-state index contributed by atoms with van der Waals surface area (Å²) in [5.41, 5.74) is 17.8. The van der Waals surface area contributed by atoms with Crippen molar-refractivity contribution in [2.75, 3.05) is 13.1 Å².